The van der Waals surface area contributed by atoms with Crippen LogP contribution < -0.4 is 0 Å². The van der Waals surface area contributed by atoms with E-state index in [1.165, 1.54) is 0 Å². The lowest BCUT2D eigenvalue weighted by atomic mass is 10.1. The Kier molecular flexibility index (Phi) is 3.71. The van der Waals surface area contributed by atoms with Gasteiger partial charge in [0.05, 0.1) is 5.60 Å². The van der Waals surface area contributed by atoms with Gasteiger partial charge in [-0.3, -0.25) is 9.05 Å². The Labute approximate surface area is 67.1 Å². The molecule has 0 fully saturated rings. The Morgan fingerprint density at radius 3 is 2.27 bits per heavy atom. The van der Waals surface area contributed by atoms with Crippen molar-refractivity contribution in [2.24, 2.45) is 0 Å². The first-order chi connectivity index (χ1) is 4.83. The quantitative estimate of drug-likeness (QED) is 0.675. The van der Waals surface area contributed by atoms with Gasteiger partial charge in [-0.25, -0.2) is 4.57 Å². The van der Waals surface area contributed by atoms with Crippen molar-refractivity contribution in [3.63, 3.8) is 0 Å². The minimum Gasteiger partial charge on any atom is -0.302 e. The lowest BCUT2D eigenvalue weighted by Gasteiger charge is -2.24. The monoisotopic (exact) mass is 182 g/mol. The Bertz CT molecular complexity index is 166. The molecule has 0 aliphatic carbocycles. The molecule has 0 aromatic rings. The number of hydrogen-bond donors (Lipinski definition) is 1. The van der Waals surface area contributed by atoms with Gasteiger partial charge in [-0.05, 0) is 20.3 Å². The van der Waals surface area contributed by atoms with E-state index in [4.69, 9.17) is 9.42 Å². The van der Waals surface area contributed by atoms with E-state index in [0.717, 1.165) is 7.11 Å². The first-order valence-electron chi connectivity index (χ1n) is 3.42. The molecular formula is C6H15O4P. The van der Waals surface area contributed by atoms with Gasteiger partial charge in [0.15, 0.2) is 0 Å². The molecule has 0 rings (SSSR count). The van der Waals surface area contributed by atoms with Crippen LogP contribution in [-0.4, -0.2) is 17.6 Å². The van der Waals surface area contributed by atoms with Crippen molar-refractivity contribution < 1.29 is 18.5 Å². The molecule has 0 aliphatic heterocycles. The zero-order chi connectivity index (χ0) is 9.12. The minimum absolute atomic E-state index is 0.611. The maximum absolute atomic E-state index is 10.9. The van der Waals surface area contributed by atoms with E-state index in [9.17, 15) is 4.57 Å². The summed E-state index contributed by atoms with van der Waals surface area (Å²) in [5.74, 6) is 0. The Balaban J connectivity index is 4.14. The summed E-state index contributed by atoms with van der Waals surface area (Å²) in [6.45, 7) is 5.33. The zero-order valence-corrected chi connectivity index (χ0v) is 8.22. The maximum Gasteiger partial charge on any atom is 0.472 e. The van der Waals surface area contributed by atoms with Gasteiger partial charge in [-0.15, -0.1) is 0 Å². The molecule has 1 atom stereocenters. The van der Waals surface area contributed by atoms with Crippen molar-refractivity contribution in [1.29, 1.82) is 0 Å². The lowest BCUT2D eigenvalue weighted by molar-refractivity contribution is 0.0540. The predicted octanol–water partition coefficient (Wildman–Crippen LogP) is 1.94. The molecule has 0 aromatic carbocycles. The molecule has 0 amide bonds. The fourth-order valence-corrected chi connectivity index (χ4v) is 1.24. The Hall–Kier alpha value is 0.110. The van der Waals surface area contributed by atoms with Gasteiger partial charge >= 0.3 is 7.82 Å². The standard InChI is InChI=1S/C6H15O4P/c1-5-6(2,3)10-11(7,8)9-4/h5H2,1-4H3,(H,7,8). The van der Waals surface area contributed by atoms with Crippen molar-refractivity contribution in [3.05, 3.63) is 0 Å². The highest BCUT2D eigenvalue weighted by molar-refractivity contribution is 7.47. The number of phosphoric ester groups is 1. The molecule has 1 unspecified atom stereocenters. The van der Waals surface area contributed by atoms with Gasteiger partial charge < -0.3 is 4.89 Å². The second-order valence-electron chi connectivity index (χ2n) is 2.86. The smallest absolute Gasteiger partial charge is 0.302 e. The predicted molar refractivity (Wildman–Crippen MR) is 42.3 cm³/mol. The number of hydrogen-bond acceptors (Lipinski definition) is 3. The highest BCUT2D eigenvalue weighted by Crippen LogP contribution is 2.46. The van der Waals surface area contributed by atoms with E-state index >= 15 is 0 Å². The third-order valence-corrected chi connectivity index (χ3v) is 2.63. The molecule has 0 saturated carbocycles. The van der Waals surface area contributed by atoms with Crippen LogP contribution in [0.4, 0.5) is 0 Å². The summed E-state index contributed by atoms with van der Waals surface area (Å²) in [6, 6.07) is 0. The van der Waals surface area contributed by atoms with Crippen molar-refractivity contribution in [2.75, 3.05) is 7.11 Å². The molecule has 0 aliphatic rings. The van der Waals surface area contributed by atoms with E-state index in [1.54, 1.807) is 13.8 Å². The van der Waals surface area contributed by atoms with Gasteiger partial charge in [-0.1, -0.05) is 6.92 Å². The molecule has 1 N–H and O–H groups in total. The zero-order valence-electron chi connectivity index (χ0n) is 7.33. The fourth-order valence-electron chi connectivity index (χ4n) is 0.414. The lowest BCUT2D eigenvalue weighted by Crippen LogP contribution is -2.21. The first-order valence-corrected chi connectivity index (χ1v) is 4.92. The van der Waals surface area contributed by atoms with Crippen molar-refractivity contribution in [1.82, 2.24) is 0 Å². The summed E-state index contributed by atoms with van der Waals surface area (Å²) >= 11 is 0. The van der Waals surface area contributed by atoms with Crippen LogP contribution in [0.15, 0.2) is 0 Å². The minimum atomic E-state index is -3.81. The van der Waals surface area contributed by atoms with Crippen LogP contribution in [-0.2, 0) is 13.6 Å². The molecule has 0 bridgehead atoms. The van der Waals surface area contributed by atoms with E-state index in [0.29, 0.717) is 6.42 Å². The summed E-state index contributed by atoms with van der Waals surface area (Å²) in [4.78, 5) is 8.90. The third kappa shape index (κ3) is 4.53. The molecule has 0 radical (unpaired) electrons. The summed E-state index contributed by atoms with van der Waals surface area (Å²) in [5.41, 5.74) is -0.611. The van der Waals surface area contributed by atoms with Gasteiger partial charge in [0.25, 0.3) is 0 Å². The fraction of sp³-hybridized carbons (Fsp3) is 1.00. The van der Waals surface area contributed by atoms with Gasteiger partial charge in [-0.2, -0.15) is 0 Å². The molecule has 68 valence electrons. The summed E-state index contributed by atoms with van der Waals surface area (Å²) in [6.07, 6.45) is 0.654. The van der Waals surface area contributed by atoms with E-state index in [-0.39, 0.29) is 0 Å². The molecule has 11 heavy (non-hydrogen) atoms. The van der Waals surface area contributed by atoms with Gasteiger partial charge in [0, 0.05) is 7.11 Å². The Morgan fingerprint density at radius 1 is 1.55 bits per heavy atom. The van der Waals surface area contributed by atoms with Gasteiger partial charge in [0.2, 0.25) is 0 Å². The van der Waals surface area contributed by atoms with E-state index < -0.39 is 13.4 Å². The second kappa shape index (κ2) is 3.68. The Morgan fingerprint density at radius 2 is 2.00 bits per heavy atom. The van der Waals surface area contributed by atoms with Crippen LogP contribution >= 0.6 is 7.82 Å². The highest BCUT2D eigenvalue weighted by atomic mass is 31.2. The molecule has 5 heteroatoms. The molecule has 4 nitrogen and oxygen atoms in total. The SMILES string of the molecule is CCC(C)(C)OP(=O)(O)OC. The van der Waals surface area contributed by atoms with Crippen molar-refractivity contribution >= 4 is 7.82 Å². The van der Waals surface area contributed by atoms with E-state index in [2.05, 4.69) is 4.52 Å². The first kappa shape index (κ1) is 11.1. The third-order valence-electron chi connectivity index (χ3n) is 1.44. The normalized spacial score (nSPS) is 17.9. The topological polar surface area (TPSA) is 55.8 Å². The number of phosphoric acid groups is 1. The van der Waals surface area contributed by atoms with Gasteiger partial charge in [0.1, 0.15) is 0 Å². The van der Waals surface area contributed by atoms with E-state index in [1.807, 2.05) is 6.92 Å². The van der Waals surface area contributed by atoms with Crippen LogP contribution in [0.5, 0.6) is 0 Å². The summed E-state index contributed by atoms with van der Waals surface area (Å²) in [5, 5.41) is 0. The molecular weight excluding hydrogens is 167 g/mol. The summed E-state index contributed by atoms with van der Waals surface area (Å²) < 4.78 is 19.9. The van der Waals surface area contributed by atoms with Crippen LogP contribution in [0.25, 0.3) is 0 Å². The summed E-state index contributed by atoms with van der Waals surface area (Å²) in [7, 11) is -2.67. The largest absolute Gasteiger partial charge is 0.472 e. The average Bonchev–Trinajstić information content (AvgIpc) is 1.86. The second-order valence-corrected chi connectivity index (χ2v) is 4.34. The van der Waals surface area contributed by atoms with Crippen LogP contribution in [0.1, 0.15) is 27.2 Å². The van der Waals surface area contributed by atoms with Crippen LogP contribution in [0, 0.1) is 0 Å². The molecule has 0 heterocycles. The maximum atomic E-state index is 10.9. The molecule has 0 saturated heterocycles. The van der Waals surface area contributed by atoms with Crippen molar-refractivity contribution in [2.45, 2.75) is 32.8 Å². The molecule has 0 spiro atoms. The molecule has 0 aromatic heterocycles. The van der Waals surface area contributed by atoms with Crippen LogP contribution in [0.3, 0.4) is 0 Å². The van der Waals surface area contributed by atoms with Crippen molar-refractivity contribution in [3.8, 4) is 0 Å². The average molecular weight is 182 g/mol. The van der Waals surface area contributed by atoms with Crippen LogP contribution in [0.2, 0.25) is 0 Å². The highest BCUT2D eigenvalue weighted by Gasteiger charge is 2.29. The number of rotatable bonds is 4.